The molecule has 0 radical (unpaired) electrons. The molecule has 0 amide bonds. The maximum atomic E-state index is 6.02. The highest BCUT2D eigenvalue weighted by Gasteiger charge is 2.02. The summed E-state index contributed by atoms with van der Waals surface area (Å²) in [4.78, 5) is 0. The van der Waals surface area contributed by atoms with Gasteiger partial charge in [0.2, 0.25) is 0 Å². The average Bonchev–Trinajstić information content (AvgIpc) is 2.20. The molecule has 0 fully saturated rings. The predicted molar refractivity (Wildman–Crippen MR) is 64.3 cm³/mol. The first-order chi connectivity index (χ1) is 7.13. The topological polar surface area (TPSA) is 35.2 Å². The van der Waals surface area contributed by atoms with E-state index in [0.29, 0.717) is 23.9 Å². The molecule has 15 heavy (non-hydrogen) atoms. The van der Waals surface area contributed by atoms with Gasteiger partial charge in [0.05, 0.1) is 11.6 Å². The maximum Gasteiger partial charge on any atom is 0.137 e. The van der Waals surface area contributed by atoms with E-state index in [4.69, 9.17) is 22.1 Å². The van der Waals surface area contributed by atoms with Crippen LogP contribution in [0, 0.1) is 0 Å². The van der Waals surface area contributed by atoms with Gasteiger partial charge in [-0.05, 0) is 24.6 Å². The van der Waals surface area contributed by atoms with Gasteiger partial charge in [0.15, 0.2) is 0 Å². The summed E-state index contributed by atoms with van der Waals surface area (Å²) >= 11 is 6.02. The molecule has 0 spiro atoms. The van der Waals surface area contributed by atoms with Gasteiger partial charge in [0.1, 0.15) is 5.75 Å². The minimum Gasteiger partial charge on any atom is -0.492 e. The van der Waals surface area contributed by atoms with Gasteiger partial charge in [-0.1, -0.05) is 23.2 Å². The molecule has 1 aromatic carbocycles. The highest BCUT2D eigenvalue weighted by molar-refractivity contribution is 6.32. The van der Waals surface area contributed by atoms with Crippen LogP contribution in [0.15, 0.2) is 30.4 Å². The van der Waals surface area contributed by atoms with Crippen LogP contribution >= 0.6 is 11.6 Å². The van der Waals surface area contributed by atoms with Gasteiger partial charge < -0.3 is 10.5 Å². The third-order valence-electron chi connectivity index (χ3n) is 2.02. The Kier molecular flexibility index (Phi) is 4.66. The summed E-state index contributed by atoms with van der Waals surface area (Å²) in [7, 11) is 0. The lowest BCUT2D eigenvalue weighted by atomic mass is 10.2. The van der Waals surface area contributed by atoms with E-state index in [1.54, 1.807) is 0 Å². The second-order valence-corrected chi connectivity index (χ2v) is 3.93. The van der Waals surface area contributed by atoms with E-state index < -0.39 is 0 Å². The molecule has 1 aromatic rings. The SMILES string of the molecule is C=C(C)CCOc1ccc(CN)cc1Cl. The Morgan fingerprint density at radius 2 is 2.27 bits per heavy atom. The highest BCUT2D eigenvalue weighted by atomic mass is 35.5. The van der Waals surface area contributed by atoms with Crippen LogP contribution in [-0.4, -0.2) is 6.61 Å². The van der Waals surface area contributed by atoms with E-state index in [1.165, 1.54) is 0 Å². The molecule has 2 N–H and O–H groups in total. The first-order valence-electron chi connectivity index (χ1n) is 4.89. The molecule has 0 heterocycles. The predicted octanol–water partition coefficient (Wildman–Crippen LogP) is 3.14. The molecule has 0 bridgehead atoms. The maximum absolute atomic E-state index is 6.02. The van der Waals surface area contributed by atoms with Crippen LogP contribution in [0.5, 0.6) is 5.75 Å². The van der Waals surface area contributed by atoms with Crippen molar-refractivity contribution in [3.05, 3.63) is 40.9 Å². The van der Waals surface area contributed by atoms with Crippen molar-refractivity contribution in [1.29, 1.82) is 0 Å². The fourth-order valence-corrected chi connectivity index (χ4v) is 1.38. The summed E-state index contributed by atoms with van der Waals surface area (Å²) in [6, 6.07) is 5.60. The van der Waals surface area contributed by atoms with E-state index in [9.17, 15) is 0 Å². The summed E-state index contributed by atoms with van der Waals surface area (Å²) in [6.07, 6.45) is 0.842. The summed E-state index contributed by atoms with van der Waals surface area (Å²) in [5.41, 5.74) is 7.61. The minimum absolute atomic E-state index is 0.492. The molecular weight excluding hydrogens is 210 g/mol. The van der Waals surface area contributed by atoms with E-state index in [1.807, 2.05) is 25.1 Å². The molecule has 0 aliphatic heterocycles. The van der Waals surface area contributed by atoms with Gasteiger partial charge in [-0.3, -0.25) is 0 Å². The number of hydrogen-bond acceptors (Lipinski definition) is 2. The molecule has 0 atom stereocenters. The van der Waals surface area contributed by atoms with Crippen LogP contribution in [0.3, 0.4) is 0 Å². The monoisotopic (exact) mass is 225 g/mol. The second-order valence-electron chi connectivity index (χ2n) is 3.52. The summed E-state index contributed by atoms with van der Waals surface area (Å²) in [6.45, 7) is 6.88. The number of benzene rings is 1. The van der Waals surface area contributed by atoms with Crippen LogP contribution in [0.1, 0.15) is 18.9 Å². The minimum atomic E-state index is 0.492. The molecule has 0 saturated carbocycles. The Morgan fingerprint density at radius 1 is 1.53 bits per heavy atom. The lowest BCUT2D eigenvalue weighted by Gasteiger charge is -2.08. The van der Waals surface area contributed by atoms with Crippen molar-refractivity contribution in [2.24, 2.45) is 5.73 Å². The van der Waals surface area contributed by atoms with E-state index >= 15 is 0 Å². The van der Waals surface area contributed by atoms with Crippen LogP contribution in [0.4, 0.5) is 0 Å². The van der Waals surface area contributed by atoms with Crippen molar-refractivity contribution in [2.75, 3.05) is 6.61 Å². The number of ether oxygens (including phenoxy) is 1. The smallest absolute Gasteiger partial charge is 0.137 e. The molecule has 2 nitrogen and oxygen atoms in total. The quantitative estimate of drug-likeness (QED) is 0.782. The normalized spacial score (nSPS) is 10.1. The fourth-order valence-electron chi connectivity index (χ4n) is 1.12. The fraction of sp³-hybridized carbons (Fsp3) is 0.333. The van der Waals surface area contributed by atoms with Gasteiger partial charge in [0, 0.05) is 13.0 Å². The molecule has 0 aromatic heterocycles. The zero-order chi connectivity index (χ0) is 11.3. The third-order valence-corrected chi connectivity index (χ3v) is 2.31. The first-order valence-corrected chi connectivity index (χ1v) is 5.27. The van der Waals surface area contributed by atoms with Crippen molar-refractivity contribution in [1.82, 2.24) is 0 Å². The largest absolute Gasteiger partial charge is 0.492 e. The van der Waals surface area contributed by atoms with E-state index in [-0.39, 0.29) is 0 Å². The van der Waals surface area contributed by atoms with Crippen molar-refractivity contribution >= 4 is 11.6 Å². The molecule has 0 saturated heterocycles. The van der Waals surface area contributed by atoms with Crippen LogP contribution < -0.4 is 10.5 Å². The van der Waals surface area contributed by atoms with Crippen molar-refractivity contribution in [3.8, 4) is 5.75 Å². The van der Waals surface area contributed by atoms with Crippen molar-refractivity contribution < 1.29 is 4.74 Å². The van der Waals surface area contributed by atoms with Gasteiger partial charge in [-0.15, -0.1) is 6.58 Å². The summed E-state index contributed by atoms with van der Waals surface area (Å²) in [5.74, 6) is 0.704. The lowest BCUT2D eigenvalue weighted by Crippen LogP contribution is -2.00. The van der Waals surface area contributed by atoms with E-state index in [0.717, 1.165) is 17.6 Å². The summed E-state index contributed by atoms with van der Waals surface area (Å²) < 4.78 is 5.51. The molecule has 0 aliphatic carbocycles. The van der Waals surface area contributed by atoms with Gasteiger partial charge in [-0.2, -0.15) is 0 Å². The molecule has 82 valence electrons. The van der Waals surface area contributed by atoms with Crippen molar-refractivity contribution in [3.63, 3.8) is 0 Å². The Hall–Kier alpha value is -0.990. The lowest BCUT2D eigenvalue weighted by molar-refractivity contribution is 0.322. The molecule has 0 unspecified atom stereocenters. The van der Waals surface area contributed by atoms with Crippen LogP contribution in [0.25, 0.3) is 0 Å². The number of nitrogens with two attached hydrogens (primary N) is 1. The Bertz CT molecular complexity index is 349. The van der Waals surface area contributed by atoms with Crippen LogP contribution in [0.2, 0.25) is 5.02 Å². The van der Waals surface area contributed by atoms with E-state index in [2.05, 4.69) is 6.58 Å². The standard InChI is InChI=1S/C12H16ClNO/c1-9(2)5-6-15-12-4-3-10(8-14)7-11(12)13/h3-4,7H,1,5-6,8,14H2,2H3. The first kappa shape index (κ1) is 12.1. The number of halogens is 1. The van der Waals surface area contributed by atoms with Crippen LogP contribution in [-0.2, 0) is 6.54 Å². The zero-order valence-corrected chi connectivity index (χ0v) is 9.68. The molecule has 3 heteroatoms. The zero-order valence-electron chi connectivity index (χ0n) is 8.92. The van der Waals surface area contributed by atoms with Gasteiger partial charge >= 0.3 is 0 Å². The molecule has 1 rings (SSSR count). The van der Waals surface area contributed by atoms with Gasteiger partial charge in [-0.25, -0.2) is 0 Å². The summed E-state index contributed by atoms with van der Waals surface area (Å²) in [5, 5.41) is 0.611. The Balaban J connectivity index is 2.58. The van der Waals surface area contributed by atoms with Gasteiger partial charge in [0.25, 0.3) is 0 Å². The number of rotatable bonds is 5. The molecule has 0 aliphatic rings. The Labute approximate surface area is 95.7 Å². The molecular formula is C12H16ClNO. The second kappa shape index (κ2) is 5.79. The van der Waals surface area contributed by atoms with Crippen molar-refractivity contribution in [2.45, 2.75) is 19.9 Å². The third kappa shape index (κ3) is 3.94. The number of hydrogen-bond donors (Lipinski definition) is 1. The Morgan fingerprint density at radius 3 is 2.80 bits per heavy atom. The highest BCUT2D eigenvalue weighted by Crippen LogP contribution is 2.25. The average molecular weight is 226 g/mol.